The van der Waals surface area contributed by atoms with Gasteiger partial charge in [-0.25, -0.2) is 19.9 Å². The van der Waals surface area contributed by atoms with Crippen LogP contribution in [0.2, 0.25) is 0 Å². The molecule has 0 aliphatic heterocycles. The zero-order valence-electron chi connectivity index (χ0n) is 63.1. The summed E-state index contributed by atoms with van der Waals surface area (Å²) in [7, 11) is 0. The minimum Gasteiger partial charge on any atom is -0.309 e. The molecule has 0 radical (unpaired) electrons. The number of fused-ring (bicyclic) bond motifs is 21. The average Bonchev–Trinajstić information content (AvgIpc) is 1.55. The Hall–Kier alpha value is -15.8. The highest BCUT2D eigenvalue weighted by molar-refractivity contribution is 6.30. The smallest absolute Gasteiger partial charge is 0.162 e. The first-order valence-electron chi connectivity index (χ1n) is 39.9. The van der Waals surface area contributed by atoms with Crippen LogP contribution in [0.4, 0.5) is 0 Å². The fraction of sp³-hybridized carbons (Fsp3) is 0. The summed E-state index contributed by atoms with van der Waals surface area (Å²) in [6.07, 6.45) is 0. The average molecular weight is 1490 g/mol. The Morgan fingerprint density at radius 2 is 0.547 bits per heavy atom. The van der Waals surface area contributed by atoms with Gasteiger partial charge in [-0.1, -0.05) is 224 Å². The summed E-state index contributed by atoms with van der Waals surface area (Å²) < 4.78 is 12.0. The molecule has 25 aromatic rings. The molecule has 0 unspecified atom stereocenters. The SMILES string of the molecule is c1ccc(-n2c3ccccc3c3cc(-c4nc(-n5c6ccccc6c6ccc(-c7ccc8c(c7)c7cc(-c9cccc%10c9ccc9c%10c%10c%11ccccc%11ccc%10n9-c9ccc(-c%10nc(-c%11ccc%12c(c%11)c%11ccccc%11n%12-c%11ccccc%11)c%11ccccc%11n%10)cc9)ccc7n8-c7ccccc7)cc65)c5ccccc5n4)ccc32)cc1. The van der Waals surface area contributed by atoms with Crippen LogP contribution in [0, 0.1) is 0 Å². The summed E-state index contributed by atoms with van der Waals surface area (Å²) in [4.78, 5) is 21.8. The number of nitrogens with zero attached hydrogens (tertiary/aromatic N) is 9. The first-order chi connectivity index (χ1) is 58.0. The van der Waals surface area contributed by atoms with Gasteiger partial charge in [-0.3, -0.25) is 4.57 Å². The molecule has 18 aromatic carbocycles. The molecule has 0 bridgehead atoms. The van der Waals surface area contributed by atoms with Gasteiger partial charge < -0.3 is 18.3 Å². The van der Waals surface area contributed by atoms with Gasteiger partial charge in [0.2, 0.25) is 0 Å². The van der Waals surface area contributed by atoms with Crippen LogP contribution >= 0.6 is 0 Å². The van der Waals surface area contributed by atoms with E-state index in [4.69, 9.17) is 19.9 Å². The highest BCUT2D eigenvalue weighted by Crippen LogP contribution is 2.47. The van der Waals surface area contributed by atoms with Gasteiger partial charge in [-0.05, 0) is 214 Å². The Balaban J connectivity index is 0.613. The number of benzene rings is 18. The van der Waals surface area contributed by atoms with Crippen molar-refractivity contribution in [2.75, 3.05) is 0 Å². The van der Waals surface area contributed by atoms with Crippen molar-refractivity contribution < 1.29 is 0 Å². The second-order valence-electron chi connectivity index (χ2n) is 30.8. The molecule has 0 spiro atoms. The lowest BCUT2D eigenvalue weighted by Crippen LogP contribution is -2.02. The predicted molar refractivity (Wildman–Crippen MR) is 487 cm³/mol. The monoisotopic (exact) mass is 1490 g/mol. The standard InChI is InChI=1S/C108H65N9/c1-4-24-73(25-5-1)113-93-40-19-15-32-81(93)87-63-71(49-57-96(87)113)105-85-34-12-17-38-91(85)109-106(111-105)67-43-51-76(52-44-67)116-100-59-46-66-23-10-11-30-78(66)103(100)104-84-37-22-36-77(79(84)54-60-101(104)116)70-48-56-99-90(62-70)89-61-68(47-55-98(89)115(99)75-28-8-3-9-29-75)69-45-53-83-80-31-14-21-42-95(80)117(102(83)65-69)108-86-35-13-18-39-92(86)110-107(112-108)72-50-58-97-88(64-72)82-33-16-20-41-94(82)114(97)74-26-6-2-7-27-74/h1-65H. The lowest BCUT2D eigenvalue weighted by Gasteiger charge is -2.13. The highest BCUT2D eigenvalue weighted by atomic mass is 15.1. The fourth-order valence-electron chi connectivity index (χ4n) is 19.3. The molecule has 0 amide bonds. The molecule has 9 heteroatoms. The Bertz CT molecular complexity index is 8500. The van der Waals surface area contributed by atoms with Crippen LogP contribution in [0.5, 0.6) is 0 Å². The maximum absolute atomic E-state index is 5.66. The summed E-state index contributed by atoms with van der Waals surface area (Å²) in [5.74, 6) is 2.17. The lowest BCUT2D eigenvalue weighted by molar-refractivity contribution is 1.08. The first kappa shape index (κ1) is 64.8. The third-order valence-corrected chi connectivity index (χ3v) is 24.5. The second kappa shape index (κ2) is 25.3. The molecule has 0 aliphatic carbocycles. The van der Waals surface area contributed by atoms with Gasteiger partial charge >= 0.3 is 0 Å². The molecule has 542 valence electrons. The first-order valence-corrected chi connectivity index (χ1v) is 39.9. The van der Waals surface area contributed by atoms with Crippen LogP contribution in [0.15, 0.2) is 394 Å². The molecule has 0 saturated carbocycles. The molecule has 0 aliphatic rings. The summed E-state index contributed by atoms with van der Waals surface area (Å²) in [5.41, 5.74) is 25.8. The molecule has 0 N–H and O–H groups in total. The van der Waals surface area contributed by atoms with Crippen molar-refractivity contribution in [1.82, 2.24) is 42.8 Å². The number of aromatic nitrogens is 9. The Kier molecular flexibility index (Phi) is 14.0. The van der Waals surface area contributed by atoms with Crippen LogP contribution < -0.4 is 0 Å². The summed E-state index contributed by atoms with van der Waals surface area (Å²) >= 11 is 0. The lowest BCUT2D eigenvalue weighted by atomic mass is 9.93. The van der Waals surface area contributed by atoms with E-state index in [1.54, 1.807) is 0 Å². The summed E-state index contributed by atoms with van der Waals surface area (Å²) in [5, 5.41) is 18.6. The van der Waals surface area contributed by atoms with E-state index in [9.17, 15) is 0 Å². The third kappa shape index (κ3) is 9.84. The van der Waals surface area contributed by atoms with E-state index >= 15 is 0 Å². The summed E-state index contributed by atoms with van der Waals surface area (Å²) in [6, 6.07) is 143. The largest absolute Gasteiger partial charge is 0.309 e. The van der Waals surface area contributed by atoms with Crippen molar-refractivity contribution in [1.29, 1.82) is 0 Å². The van der Waals surface area contributed by atoms with Gasteiger partial charge in [0, 0.05) is 104 Å². The van der Waals surface area contributed by atoms with E-state index in [1.807, 2.05) is 0 Å². The zero-order chi connectivity index (χ0) is 76.5. The van der Waals surface area contributed by atoms with Crippen molar-refractivity contribution in [3.63, 3.8) is 0 Å². The molecule has 9 nitrogen and oxygen atoms in total. The Morgan fingerprint density at radius 1 is 0.171 bits per heavy atom. The van der Waals surface area contributed by atoms with Crippen LogP contribution in [0.1, 0.15) is 0 Å². The molecule has 117 heavy (non-hydrogen) atoms. The van der Waals surface area contributed by atoms with Crippen molar-refractivity contribution in [2.24, 2.45) is 0 Å². The van der Waals surface area contributed by atoms with Crippen LogP contribution in [-0.2, 0) is 0 Å². The Morgan fingerprint density at radius 3 is 1.18 bits per heavy atom. The maximum atomic E-state index is 5.66. The molecular weight excluding hydrogens is 1420 g/mol. The summed E-state index contributed by atoms with van der Waals surface area (Å²) in [6.45, 7) is 0. The minimum atomic E-state index is 0.666. The second-order valence-corrected chi connectivity index (χ2v) is 30.8. The van der Waals surface area contributed by atoms with E-state index in [1.165, 1.54) is 70.3 Å². The van der Waals surface area contributed by atoms with Gasteiger partial charge in [0.15, 0.2) is 11.6 Å². The zero-order valence-corrected chi connectivity index (χ0v) is 63.1. The highest BCUT2D eigenvalue weighted by Gasteiger charge is 2.25. The molecule has 7 aromatic heterocycles. The molecular formula is C108H65N9. The van der Waals surface area contributed by atoms with Crippen LogP contribution in [0.25, 0.3) is 237 Å². The quantitative estimate of drug-likeness (QED) is 0.137. The van der Waals surface area contributed by atoms with E-state index in [0.717, 1.165) is 155 Å². The number of para-hydroxylation sites is 8. The van der Waals surface area contributed by atoms with E-state index in [-0.39, 0.29) is 0 Å². The van der Waals surface area contributed by atoms with Crippen molar-refractivity contribution in [2.45, 2.75) is 0 Å². The van der Waals surface area contributed by atoms with Crippen molar-refractivity contribution in [3.8, 4) is 84.9 Å². The Labute approximate surface area is 670 Å². The van der Waals surface area contributed by atoms with Gasteiger partial charge in [0.25, 0.3) is 0 Å². The molecule has 0 saturated heterocycles. The topological polar surface area (TPSA) is 76.2 Å². The normalized spacial score (nSPS) is 12.1. The molecule has 25 rings (SSSR count). The van der Waals surface area contributed by atoms with E-state index in [2.05, 4.69) is 417 Å². The minimum absolute atomic E-state index is 0.666. The fourth-order valence-corrected chi connectivity index (χ4v) is 19.3. The number of hydrogen-bond donors (Lipinski definition) is 0. The molecule has 0 atom stereocenters. The maximum Gasteiger partial charge on any atom is 0.162 e. The molecule has 0 fully saturated rings. The number of hydrogen-bond acceptors (Lipinski definition) is 4. The van der Waals surface area contributed by atoms with Gasteiger partial charge in [-0.2, -0.15) is 0 Å². The third-order valence-electron chi connectivity index (χ3n) is 24.5. The molecule has 7 heterocycles. The van der Waals surface area contributed by atoms with Crippen LogP contribution in [0.3, 0.4) is 0 Å². The van der Waals surface area contributed by atoms with Crippen molar-refractivity contribution >= 4 is 152 Å². The number of rotatable bonds is 10. The van der Waals surface area contributed by atoms with E-state index < -0.39 is 0 Å². The van der Waals surface area contributed by atoms with Gasteiger partial charge in [-0.15, -0.1) is 0 Å². The van der Waals surface area contributed by atoms with E-state index in [0.29, 0.717) is 11.6 Å². The van der Waals surface area contributed by atoms with Crippen molar-refractivity contribution in [3.05, 3.63) is 394 Å². The van der Waals surface area contributed by atoms with Gasteiger partial charge in [0.05, 0.1) is 71.9 Å². The van der Waals surface area contributed by atoms with Crippen LogP contribution in [-0.4, -0.2) is 42.8 Å². The predicted octanol–water partition coefficient (Wildman–Crippen LogP) is 27.7. The van der Waals surface area contributed by atoms with Gasteiger partial charge in [0.1, 0.15) is 5.82 Å².